The zero-order valence-corrected chi connectivity index (χ0v) is 10.1. The highest BCUT2D eigenvalue weighted by atomic mass is 35.5. The van der Waals surface area contributed by atoms with E-state index in [1.807, 2.05) is 19.1 Å². The van der Waals surface area contributed by atoms with Gasteiger partial charge in [0.1, 0.15) is 5.75 Å². The quantitative estimate of drug-likeness (QED) is 0.808. The second-order valence-corrected chi connectivity index (χ2v) is 3.85. The van der Waals surface area contributed by atoms with Crippen LogP contribution in [0.25, 0.3) is 0 Å². The number of alkyl halides is 1. The van der Waals surface area contributed by atoms with Crippen LogP contribution >= 0.6 is 11.6 Å². The number of carboxylic acids is 1. The Morgan fingerprint density at radius 3 is 2.69 bits per heavy atom. The fourth-order valence-electron chi connectivity index (χ4n) is 1.39. The van der Waals surface area contributed by atoms with Crippen LogP contribution < -0.4 is 4.74 Å². The van der Waals surface area contributed by atoms with E-state index in [-0.39, 0.29) is 0 Å². The lowest BCUT2D eigenvalue weighted by atomic mass is 10.1. The highest BCUT2D eigenvalue weighted by Gasteiger charge is 2.17. The van der Waals surface area contributed by atoms with Crippen LogP contribution in [0, 0.1) is 6.92 Å². The number of hydrogen-bond acceptors (Lipinski definition) is 2. The first-order valence-electron chi connectivity index (χ1n) is 5.13. The Bertz CT molecular complexity index is 377. The highest BCUT2D eigenvalue weighted by molar-refractivity contribution is 6.17. The Morgan fingerprint density at radius 2 is 2.25 bits per heavy atom. The normalized spacial score (nSPS) is 12.2. The van der Waals surface area contributed by atoms with Crippen LogP contribution in [0.4, 0.5) is 0 Å². The van der Waals surface area contributed by atoms with Gasteiger partial charge < -0.3 is 9.84 Å². The summed E-state index contributed by atoms with van der Waals surface area (Å²) >= 11 is 5.70. The Kier molecular flexibility index (Phi) is 4.62. The average Bonchev–Trinajstić information content (AvgIpc) is 2.26. The number of ether oxygens (including phenoxy) is 1. The first-order chi connectivity index (χ1) is 7.58. The molecule has 0 amide bonds. The van der Waals surface area contributed by atoms with E-state index in [0.717, 1.165) is 11.1 Å². The molecule has 0 heterocycles. The van der Waals surface area contributed by atoms with Crippen molar-refractivity contribution in [1.29, 1.82) is 0 Å². The van der Waals surface area contributed by atoms with E-state index in [9.17, 15) is 4.79 Å². The molecule has 88 valence electrons. The number of rotatable bonds is 5. The molecule has 0 aliphatic carbocycles. The number of aryl methyl sites for hydroxylation is 1. The van der Waals surface area contributed by atoms with Crippen molar-refractivity contribution in [3.63, 3.8) is 0 Å². The number of benzene rings is 1. The molecular formula is C12H15ClO3. The van der Waals surface area contributed by atoms with E-state index < -0.39 is 12.1 Å². The predicted octanol–water partition coefficient (Wildman–Crippen LogP) is 2.98. The Morgan fingerprint density at radius 1 is 1.56 bits per heavy atom. The van der Waals surface area contributed by atoms with Gasteiger partial charge in [-0.15, -0.1) is 11.6 Å². The molecule has 0 radical (unpaired) electrons. The lowest BCUT2D eigenvalue weighted by Gasteiger charge is -2.15. The largest absolute Gasteiger partial charge is 0.479 e. The third kappa shape index (κ3) is 3.14. The monoisotopic (exact) mass is 242 g/mol. The Labute approximate surface area is 100.0 Å². The summed E-state index contributed by atoms with van der Waals surface area (Å²) in [4.78, 5) is 10.8. The summed E-state index contributed by atoms with van der Waals surface area (Å²) in [5, 5.41) is 8.88. The van der Waals surface area contributed by atoms with Crippen LogP contribution in [0.1, 0.15) is 24.5 Å². The standard InChI is InChI=1S/C12H15ClO3/c1-3-10(12(14)15)16-11-5-4-9(7-13)6-8(11)2/h4-6,10H,3,7H2,1-2H3,(H,14,15). The van der Waals surface area contributed by atoms with E-state index >= 15 is 0 Å². The van der Waals surface area contributed by atoms with Crippen LogP contribution in [0.5, 0.6) is 5.75 Å². The molecule has 4 heteroatoms. The molecule has 0 saturated heterocycles. The minimum atomic E-state index is -0.941. The zero-order valence-electron chi connectivity index (χ0n) is 9.37. The SMILES string of the molecule is CCC(Oc1ccc(CCl)cc1C)C(=O)O. The molecule has 1 atom stereocenters. The van der Waals surface area contributed by atoms with Crippen molar-refractivity contribution in [2.24, 2.45) is 0 Å². The van der Waals surface area contributed by atoms with Crippen LogP contribution in [-0.2, 0) is 10.7 Å². The summed E-state index contributed by atoms with van der Waals surface area (Å²) in [6.45, 7) is 3.65. The molecule has 1 unspecified atom stereocenters. The first kappa shape index (κ1) is 12.8. The van der Waals surface area contributed by atoms with Crippen molar-refractivity contribution in [3.8, 4) is 5.75 Å². The minimum Gasteiger partial charge on any atom is -0.479 e. The van der Waals surface area contributed by atoms with Crippen molar-refractivity contribution in [2.45, 2.75) is 32.3 Å². The lowest BCUT2D eigenvalue weighted by molar-refractivity contribution is -0.145. The van der Waals surface area contributed by atoms with Crippen LogP contribution in [0.2, 0.25) is 0 Å². The van der Waals surface area contributed by atoms with Gasteiger partial charge in [0, 0.05) is 5.88 Å². The molecule has 0 aromatic heterocycles. The number of carbonyl (C=O) groups is 1. The molecule has 16 heavy (non-hydrogen) atoms. The third-order valence-electron chi connectivity index (χ3n) is 2.31. The fourth-order valence-corrected chi connectivity index (χ4v) is 1.55. The maximum atomic E-state index is 10.8. The van der Waals surface area contributed by atoms with Gasteiger partial charge in [0.15, 0.2) is 6.10 Å². The summed E-state index contributed by atoms with van der Waals surface area (Å²) in [7, 11) is 0. The molecule has 0 fully saturated rings. The van der Waals surface area contributed by atoms with E-state index in [1.165, 1.54) is 0 Å². The van der Waals surface area contributed by atoms with Crippen LogP contribution in [0.15, 0.2) is 18.2 Å². The van der Waals surface area contributed by atoms with Gasteiger partial charge in [0.2, 0.25) is 0 Å². The predicted molar refractivity (Wildman–Crippen MR) is 63.1 cm³/mol. The molecule has 1 N–H and O–H groups in total. The second-order valence-electron chi connectivity index (χ2n) is 3.59. The van der Waals surface area contributed by atoms with Gasteiger partial charge in [0.05, 0.1) is 0 Å². The number of carboxylic acid groups (broad SMARTS) is 1. The summed E-state index contributed by atoms with van der Waals surface area (Å²) in [6.07, 6.45) is -0.355. The zero-order chi connectivity index (χ0) is 12.1. The van der Waals surface area contributed by atoms with Crippen molar-refractivity contribution < 1.29 is 14.6 Å². The van der Waals surface area contributed by atoms with Crippen LogP contribution in [0.3, 0.4) is 0 Å². The van der Waals surface area contributed by atoms with E-state index in [4.69, 9.17) is 21.4 Å². The maximum absolute atomic E-state index is 10.8. The molecular weight excluding hydrogens is 228 g/mol. The molecule has 1 aromatic carbocycles. The topological polar surface area (TPSA) is 46.5 Å². The summed E-state index contributed by atoms with van der Waals surface area (Å²) in [5.74, 6) is 0.100. The van der Waals surface area contributed by atoms with Gasteiger partial charge in [-0.25, -0.2) is 4.79 Å². The number of hydrogen-bond donors (Lipinski definition) is 1. The van der Waals surface area contributed by atoms with Crippen LogP contribution in [-0.4, -0.2) is 17.2 Å². The molecule has 0 spiro atoms. The van der Waals surface area contributed by atoms with Crippen molar-refractivity contribution in [1.82, 2.24) is 0 Å². The fraction of sp³-hybridized carbons (Fsp3) is 0.417. The van der Waals surface area contributed by atoms with E-state index in [0.29, 0.717) is 18.1 Å². The van der Waals surface area contributed by atoms with Gasteiger partial charge >= 0.3 is 5.97 Å². The first-order valence-corrected chi connectivity index (χ1v) is 5.66. The van der Waals surface area contributed by atoms with Gasteiger partial charge in [-0.1, -0.05) is 19.1 Å². The van der Waals surface area contributed by atoms with Crippen molar-refractivity contribution >= 4 is 17.6 Å². The Balaban J connectivity index is 2.84. The number of aliphatic carboxylic acids is 1. The average molecular weight is 243 g/mol. The smallest absolute Gasteiger partial charge is 0.344 e. The molecule has 1 aromatic rings. The highest BCUT2D eigenvalue weighted by Crippen LogP contribution is 2.21. The third-order valence-corrected chi connectivity index (χ3v) is 2.62. The summed E-state index contributed by atoms with van der Waals surface area (Å²) < 4.78 is 5.41. The lowest BCUT2D eigenvalue weighted by Crippen LogP contribution is -2.26. The molecule has 0 saturated carbocycles. The summed E-state index contributed by atoms with van der Waals surface area (Å²) in [6, 6.07) is 5.50. The Hall–Kier alpha value is -1.22. The van der Waals surface area contributed by atoms with Gasteiger partial charge in [-0.3, -0.25) is 0 Å². The van der Waals surface area contributed by atoms with Crippen molar-refractivity contribution in [3.05, 3.63) is 29.3 Å². The van der Waals surface area contributed by atoms with Gasteiger partial charge in [-0.2, -0.15) is 0 Å². The minimum absolute atomic E-state index is 0.437. The molecule has 3 nitrogen and oxygen atoms in total. The van der Waals surface area contributed by atoms with E-state index in [2.05, 4.69) is 0 Å². The maximum Gasteiger partial charge on any atom is 0.344 e. The van der Waals surface area contributed by atoms with Crippen molar-refractivity contribution in [2.75, 3.05) is 0 Å². The van der Waals surface area contributed by atoms with Gasteiger partial charge in [0.25, 0.3) is 0 Å². The number of halogens is 1. The van der Waals surface area contributed by atoms with E-state index in [1.54, 1.807) is 13.0 Å². The molecule has 0 bridgehead atoms. The molecule has 1 rings (SSSR count). The van der Waals surface area contributed by atoms with Gasteiger partial charge in [-0.05, 0) is 30.5 Å². The second kappa shape index (κ2) is 5.75. The molecule has 0 aliphatic heterocycles. The molecule has 0 aliphatic rings. The summed E-state index contributed by atoms with van der Waals surface area (Å²) in [5.41, 5.74) is 1.90.